The Morgan fingerprint density at radius 2 is 1.79 bits per heavy atom. The van der Waals surface area contributed by atoms with E-state index in [4.69, 9.17) is 4.74 Å². The predicted octanol–water partition coefficient (Wildman–Crippen LogP) is 3.78. The van der Waals surface area contributed by atoms with Crippen LogP contribution in [-0.2, 0) is 6.42 Å². The number of methoxy groups -OCH3 is 1. The number of hydrogen-bond acceptors (Lipinski definition) is 2. The zero-order valence-electron chi connectivity index (χ0n) is 11.9. The molecule has 1 N–H and O–H groups in total. The first-order chi connectivity index (χ1) is 9.36. The second kappa shape index (κ2) is 7.15. The van der Waals surface area contributed by atoms with Gasteiger partial charge >= 0.3 is 0 Å². The van der Waals surface area contributed by atoms with Crippen LogP contribution in [0.15, 0.2) is 36.4 Å². The maximum Gasteiger partial charge on any atom is 0.126 e. The van der Waals surface area contributed by atoms with Crippen molar-refractivity contribution in [3.8, 4) is 5.75 Å². The first-order valence-electron chi connectivity index (χ1n) is 7.12. The fraction of sp³-hybridized carbons (Fsp3) is 0.412. The molecule has 0 saturated carbocycles. The normalized spacial score (nSPS) is 10.8. The molecule has 19 heavy (non-hydrogen) atoms. The lowest BCUT2D eigenvalue weighted by atomic mass is 9.99. The van der Waals surface area contributed by atoms with Crippen LogP contribution in [0.25, 0.3) is 10.8 Å². The quantitative estimate of drug-likeness (QED) is 0.762. The number of rotatable bonds is 7. The minimum Gasteiger partial charge on any atom is -0.496 e. The fourth-order valence-electron chi connectivity index (χ4n) is 2.47. The van der Waals surface area contributed by atoms with E-state index in [1.54, 1.807) is 7.11 Å². The van der Waals surface area contributed by atoms with E-state index in [1.165, 1.54) is 29.2 Å². The molecule has 0 unspecified atom stereocenters. The van der Waals surface area contributed by atoms with E-state index in [1.807, 2.05) is 0 Å². The van der Waals surface area contributed by atoms with Crippen LogP contribution in [-0.4, -0.2) is 20.2 Å². The third-order valence-electron chi connectivity index (χ3n) is 3.49. The van der Waals surface area contributed by atoms with Gasteiger partial charge in [0.15, 0.2) is 0 Å². The van der Waals surface area contributed by atoms with Crippen molar-refractivity contribution in [3.63, 3.8) is 0 Å². The molecule has 0 heterocycles. The van der Waals surface area contributed by atoms with Crippen LogP contribution in [0, 0.1) is 0 Å². The van der Waals surface area contributed by atoms with Gasteiger partial charge < -0.3 is 10.1 Å². The number of hydrogen-bond donors (Lipinski definition) is 1. The molecule has 0 aliphatic rings. The minimum atomic E-state index is 0.965. The molecule has 2 nitrogen and oxygen atoms in total. The van der Waals surface area contributed by atoms with E-state index in [0.29, 0.717) is 0 Å². The Hall–Kier alpha value is -1.54. The molecule has 102 valence electrons. The van der Waals surface area contributed by atoms with E-state index in [9.17, 15) is 0 Å². The van der Waals surface area contributed by atoms with Crippen molar-refractivity contribution < 1.29 is 4.74 Å². The lowest BCUT2D eigenvalue weighted by Gasteiger charge is -2.10. The van der Waals surface area contributed by atoms with E-state index in [-0.39, 0.29) is 0 Å². The van der Waals surface area contributed by atoms with Crippen molar-refractivity contribution in [3.05, 3.63) is 42.0 Å². The maximum absolute atomic E-state index is 5.43. The number of aryl methyl sites for hydroxylation is 1. The standard InChI is InChI=1S/C17H23NO/c1-3-18-13-7-6-8-14-11-12-17(19-2)16-10-5-4-9-15(14)16/h4-5,9-12,18H,3,6-8,13H2,1-2H3. The van der Waals surface area contributed by atoms with Gasteiger partial charge in [-0.2, -0.15) is 0 Å². The van der Waals surface area contributed by atoms with Gasteiger partial charge in [-0.3, -0.25) is 0 Å². The summed E-state index contributed by atoms with van der Waals surface area (Å²) in [5.41, 5.74) is 1.42. The Morgan fingerprint density at radius 3 is 2.53 bits per heavy atom. The molecule has 0 aliphatic carbocycles. The summed E-state index contributed by atoms with van der Waals surface area (Å²) in [6, 6.07) is 12.8. The molecule has 0 aliphatic heterocycles. The highest BCUT2D eigenvalue weighted by Crippen LogP contribution is 2.29. The molecular weight excluding hydrogens is 234 g/mol. The molecule has 0 spiro atoms. The van der Waals surface area contributed by atoms with Crippen molar-refractivity contribution in [2.75, 3.05) is 20.2 Å². The van der Waals surface area contributed by atoms with Crippen molar-refractivity contribution in [1.82, 2.24) is 5.32 Å². The van der Waals surface area contributed by atoms with Gasteiger partial charge in [0.1, 0.15) is 5.75 Å². The highest BCUT2D eigenvalue weighted by molar-refractivity contribution is 5.91. The summed E-state index contributed by atoms with van der Waals surface area (Å²) < 4.78 is 5.43. The van der Waals surface area contributed by atoms with Crippen LogP contribution in [0.2, 0.25) is 0 Å². The Morgan fingerprint density at radius 1 is 1.00 bits per heavy atom. The number of ether oxygens (including phenoxy) is 1. The molecule has 0 bridgehead atoms. The van der Waals surface area contributed by atoms with Gasteiger partial charge in [0.25, 0.3) is 0 Å². The van der Waals surface area contributed by atoms with Crippen molar-refractivity contribution in [2.45, 2.75) is 26.2 Å². The molecule has 0 amide bonds. The second-order valence-corrected chi connectivity index (χ2v) is 4.78. The Bertz CT molecular complexity index is 522. The minimum absolute atomic E-state index is 0.965. The highest BCUT2D eigenvalue weighted by Gasteiger charge is 2.05. The van der Waals surface area contributed by atoms with Crippen molar-refractivity contribution >= 4 is 10.8 Å². The number of nitrogens with one attached hydrogen (secondary N) is 1. The topological polar surface area (TPSA) is 21.3 Å². The Kier molecular flexibility index (Phi) is 5.22. The van der Waals surface area contributed by atoms with E-state index in [2.05, 4.69) is 48.6 Å². The molecule has 0 fully saturated rings. The zero-order valence-corrected chi connectivity index (χ0v) is 11.9. The fourth-order valence-corrected chi connectivity index (χ4v) is 2.47. The van der Waals surface area contributed by atoms with Crippen LogP contribution in [0.1, 0.15) is 25.3 Å². The highest BCUT2D eigenvalue weighted by atomic mass is 16.5. The molecule has 0 radical (unpaired) electrons. The van der Waals surface area contributed by atoms with Gasteiger partial charge in [0, 0.05) is 5.39 Å². The van der Waals surface area contributed by atoms with Gasteiger partial charge in [-0.05, 0) is 49.4 Å². The van der Waals surface area contributed by atoms with Crippen LogP contribution in [0.4, 0.5) is 0 Å². The SMILES string of the molecule is CCNCCCCc1ccc(OC)c2ccccc12. The van der Waals surface area contributed by atoms with Crippen molar-refractivity contribution in [1.29, 1.82) is 0 Å². The molecule has 0 atom stereocenters. The number of benzene rings is 2. The van der Waals surface area contributed by atoms with Crippen LogP contribution < -0.4 is 10.1 Å². The van der Waals surface area contributed by atoms with Crippen molar-refractivity contribution in [2.24, 2.45) is 0 Å². The smallest absolute Gasteiger partial charge is 0.126 e. The van der Waals surface area contributed by atoms with E-state index < -0.39 is 0 Å². The predicted molar refractivity (Wildman–Crippen MR) is 82.0 cm³/mol. The maximum atomic E-state index is 5.43. The molecule has 2 heteroatoms. The summed E-state index contributed by atoms with van der Waals surface area (Å²) >= 11 is 0. The van der Waals surface area contributed by atoms with Gasteiger partial charge in [-0.25, -0.2) is 0 Å². The first kappa shape index (κ1) is 13.9. The number of fused-ring (bicyclic) bond motifs is 1. The summed E-state index contributed by atoms with van der Waals surface area (Å²) in [4.78, 5) is 0. The Balaban J connectivity index is 2.11. The van der Waals surface area contributed by atoms with E-state index >= 15 is 0 Å². The first-order valence-corrected chi connectivity index (χ1v) is 7.12. The van der Waals surface area contributed by atoms with Crippen LogP contribution in [0.5, 0.6) is 5.75 Å². The lowest BCUT2D eigenvalue weighted by molar-refractivity contribution is 0.419. The summed E-state index contributed by atoms with van der Waals surface area (Å²) in [7, 11) is 1.73. The molecule has 2 aromatic carbocycles. The molecule has 2 rings (SSSR count). The molecule has 2 aromatic rings. The third-order valence-corrected chi connectivity index (χ3v) is 3.49. The van der Waals surface area contributed by atoms with Gasteiger partial charge in [-0.1, -0.05) is 37.3 Å². The molecular formula is C17H23NO. The number of unbranched alkanes of at least 4 members (excludes halogenated alkanes) is 1. The summed E-state index contributed by atoms with van der Waals surface area (Å²) in [5, 5.41) is 5.91. The largest absolute Gasteiger partial charge is 0.496 e. The second-order valence-electron chi connectivity index (χ2n) is 4.78. The van der Waals surface area contributed by atoms with Gasteiger partial charge in [-0.15, -0.1) is 0 Å². The summed E-state index contributed by atoms with van der Waals surface area (Å²) in [5.74, 6) is 0.965. The van der Waals surface area contributed by atoms with Gasteiger partial charge in [0.2, 0.25) is 0 Å². The van der Waals surface area contributed by atoms with Crippen LogP contribution in [0.3, 0.4) is 0 Å². The lowest BCUT2D eigenvalue weighted by Crippen LogP contribution is -2.13. The summed E-state index contributed by atoms with van der Waals surface area (Å²) in [6.07, 6.45) is 3.59. The third kappa shape index (κ3) is 3.48. The summed E-state index contributed by atoms with van der Waals surface area (Å²) in [6.45, 7) is 4.33. The van der Waals surface area contributed by atoms with Crippen LogP contribution >= 0.6 is 0 Å². The van der Waals surface area contributed by atoms with E-state index in [0.717, 1.165) is 25.3 Å². The molecule has 0 aromatic heterocycles. The average Bonchev–Trinajstić information content (AvgIpc) is 2.47. The van der Waals surface area contributed by atoms with Gasteiger partial charge in [0.05, 0.1) is 7.11 Å². The molecule has 0 saturated heterocycles. The zero-order chi connectivity index (χ0) is 13.5. The monoisotopic (exact) mass is 257 g/mol. The Labute approximate surface area is 115 Å². The average molecular weight is 257 g/mol.